The monoisotopic (exact) mass is 409 g/mol. The van der Waals surface area contributed by atoms with Crippen LogP contribution in [-0.4, -0.2) is 16.1 Å². The second kappa shape index (κ2) is 9.65. The summed E-state index contributed by atoms with van der Waals surface area (Å²) in [6.45, 7) is 6.36. The van der Waals surface area contributed by atoms with Crippen LogP contribution in [-0.2, 0) is 11.2 Å². The van der Waals surface area contributed by atoms with Crippen molar-refractivity contribution in [2.75, 3.05) is 0 Å². The highest BCUT2D eigenvalue weighted by Crippen LogP contribution is 2.29. The van der Waals surface area contributed by atoms with Crippen molar-refractivity contribution in [3.63, 3.8) is 0 Å². The molecule has 158 valence electrons. The van der Waals surface area contributed by atoms with Gasteiger partial charge in [-0.05, 0) is 48.1 Å². The Morgan fingerprint density at radius 2 is 1.77 bits per heavy atom. The second-order valence-corrected chi connectivity index (χ2v) is 8.66. The van der Waals surface area contributed by atoms with E-state index in [9.17, 15) is 9.18 Å². The van der Waals surface area contributed by atoms with Crippen LogP contribution in [0, 0.1) is 11.2 Å². The van der Waals surface area contributed by atoms with E-state index in [1.54, 1.807) is 12.1 Å². The van der Waals surface area contributed by atoms with Crippen LogP contribution in [0.3, 0.4) is 0 Å². The van der Waals surface area contributed by atoms with E-state index in [1.807, 2.05) is 30.3 Å². The van der Waals surface area contributed by atoms with E-state index in [-0.39, 0.29) is 23.2 Å². The summed E-state index contributed by atoms with van der Waals surface area (Å²) in [5, 5.41) is 11.2. The molecule has 0 aliphatic heterocycles. The van der Waals surface area contributed by atoms with E-state index in [0.29, 0.717) is 31.0 Å². The summed E-state index contributed by atoms with van der Waals surface area (Å²) in [6.07, 6.45) is 2.25. The molecule has 5 nitrogen and oxygen atoms in total. The van der Waals surface area contributed by atoms with Gasteiger partial charge in [0.15, 0.2) is 0 Å². The lowest BCUT2D eigenvalue weighted by Crippen LogP contribution is -2.31. The average molecular weight is 410 g/mol. The largest absolute Gasteiger partial charge is 0.421 e. The molecule has 1 N–H and O–H groups in total. The van der Waals surface area contributed by atoms with Crippen molar-refractivity contribution < 1.29 is 13.6 Å². The Balaban J connectivity index is 1.54. The quantitative estimate of drug-likeness (QED) is 0.534. The molecule has 0 aliphatic rings. The zero-order valence-corrected chi connectivity index (χ0v) is 17.7. The second-order valence-electron chi connectivity index (χ2n) is 8.66. The Hall–Kier alpha value is -3.02. The van der Waals surface area contributed by atoms with Gasteiger partial charge in [-0.1, -0.05) is 51.1 Å². The molecule has 1 amide bonds. The van der Waals surface area contributed by atoms with Gasteiger partial charge >= 0.3 is 0 Å². The lowest BCUT2D eigenvalue weighted by molar-refractivity contribution is -0.122. The lowest BCUT2D eigenvalue weighted by Gasteiger charge is -2.27. The third-order valence-corrected chi connectivity index (χ3v) is 4.71. The molecule has 1 atom stereocenters. The van der Waals surface area contributed by atoms with E-state index in [4.69, 9.17) is 4.42 Å². The van der Waals surface area contributed by atoms with Gasteiger partial charge in [0.2, 0.25) is 17.7 Å². The summed E-state index contributed by atoms with van der Waals surface area (Å²) in [7, 11) is 0. The van der Waals surface area contributed by atoms with Gasteiger partial charge in [-0.2, -0.15) is 0 Å². The van der Waals surface area contributed by atoms with Crippen molar-refractivity contribution in [1.82, 2.24) is 15.5 Å². The highest BCUT2D eigenvalue weighted by atomic mass is 19.1. The number of hydrogen-bond acceptors (Lipinski definition) is 4. The van der Waals surface area contributed by atoms with Crippen LogP contribution >= 0.6 is 0 Å². The number of benzene rings is 2. The summed E-state index contributed by atoms with van der Waals surface area (Å²) < 4.78 is 19.0. The van der Waals surface area contributed by atoms with Gasteiger partial charge in [0.1, 0.15) is 5.82 Å². The predicted molar refractivity (Wildman–Crippen MR) is 114 cm³/mol. The maximum absolute atomic E-state index is 13.3. The number of aryl methyl sites for hydroxylation is 1. The number of halogens is 1. The van der Waals surface area contributed by atoms with E-state index in [1.165, 1.54) is 12.1 Å². The van der Waals surface area contributed by atoms with Crippen LogP contribution in [0.1, 0.15) is 57.5 Å². The topological polar surface area (TPSA) is 68.0 Å². The van der Waals surface area contributed by atoms with Crippen molar-refractivity contribution in [3.8, 4) is 11.5 Å². The Bertz CT molecular complexity index is 947. The zero-order chi connectivity index (χ0) is 21.6. The summed E-state index contributed by atoms with van der Waals surface area (Å²) in [4.78, 5) is 12.5. The number of rotatable bonds is 8. The van der Waals surface area contributed by atoms with Gasteiger partial charge in [-0.15, -0.1) is 10.2 Å². The fourth-order valence-corrected chi connectivity index (χ4v) is 3.28. The fourth-order valence-electron chi connectivity index (χ4n) is 3.28. The molecule has 1 unspecified atom stereocenters. The molecule has 0 saturated heterocycles. The molecule has 6 heteroatoms. The molecule has 0 bridgehead atoms. The minimum Gasteiger partial charge on any atom is -0.421 e. The number of aromatic nitrogens is 2. The third-order valence-electron chi connectivity index (χ3n) is 4.71. The Kier molecular flexibility index (Phi) is 6.98. The van der Waals surface area contributed by atoms with Crippen molar-refractivity contribution in [1.29, 1.82) is 0 Å². The molecule has 3 aromatic rings. The molecule has 0 saturated carbocycles. The molecule has 0 spiro atoms. The predicted octanol–water partition coefficient (Wildman–Crippen LogP) is 5.49. The van der Waals surface area contributed by atoms with Gasteiger partial charge in [0.25, 0.3) is 0 Å². The van der Waals surface area contributed by atoms with Crippen molar-refractivity contribution >= 4 is 5.91 Å². The molecule has 30 heavy (non-hydrogen) atoms. The third kappa shape index (κ3) is 6.51. The van der Waals surface area contributed by atoms with E-state index < -0.39 is 0 Å². The van der Waals surface area contributed by atoms with Crippen molar-refractivity contribution in [2.24, 2.45) is 5.41 Å². The number of nitrogens with zero attached hydrogens (tertiary/aromatic N) is 2. The van der Waals surface area contributed by atoms with Crippen LogP contribution in [0.2, 0.25) is 0 Å². The van der Waals surface area contributed by atoms with E-state index in [0.717, 1.165) is 17.5 Å². The Morgan fingerprint density at radius 1 is 1.07 bits per heavy atom. The first-order valence-corrected chi connectivity index (χ1v) is 10.2. The number of carbonyl (C=O) groups excluding carboxylic acids is 1. The smallest absolute Gasteiger partial charge is 0.247 e. The normalized spacial score (nSPS) is 12.5. The Labute approximate surface area is 176 Å². The van der Waals surface area contributed by atoms with Crippen LogP contribution in [0.25, 0.3) is 11.5 Å². The zero-order valence-electron chi connectivity index (χ0n) is 17.7. The summed E-state index contributed by atoms with van der Waals surface area (Å²) in [6, 6.07) is 15.7. The maximum atomic E-state index is 13.3. The van der Waals surface area contributed by atoms with Crippen LogP contribution < -0.4 is 5.32 Å². The lowest BCUT2D eigenvalue weighted by atomic mass is 9.85. The summed E-state index contributed by atoms with van der Waals surface area (Å²) in [5.41, 5.74) is 1.80. The van der Waals surface area contributed by atoms with Crippen LogP contribution in [0.5, 0.6) is 0 Å². The molecule has 0 fully saturated rings. The van der Waals surface area contributed by atoms with Gasteiger partial charge in [-0.25, -0.2) is 4.39 Å². The van der Waals surface area contributed by atoms with Gasteiger partial charge in [0, 0.05) is 18.4 Å². The summed E-state index contributed by atoms with van der Waals surface area (Å²) in [5.74, 6) is 0.674. The molecule has 0 aliphatic carbocycles. The van der Waals surface area contributed by atoms with Crippen LogP contribution in [0.15, 0.2) is 59.0 Å². The summed E-state index contributed by atoms with van der Waals surface area (Å²) >= 11 is 0. The SMILES string of the molecule is CC(C)(C)CC(NC(=O)CCCc1nnc(-c2ccccc2)o1)c1ccc(F)cc1. The molecular weight excluding hydrogens is 381 g/mol. The molecule has 0 radical (unpaired) electrons. The first-order valence-electron chi connectivity index (χ1n) is 10.2. The number of hydrogen-bond donors (Lipinski definition) is 1. The number of carbonyl (C=O) groups is 1. The van der Waals surface area contributed by atoms with Gasteiger partial charge in [0.05, 0.1) is 6.04 Å². The molecule has 1 heterocycles. The van der Waals surface area contributed by atoms with Crippen molar-refractivity contribution in [3.05, 3.63) is 71.9 Å². The first kappa shape index (κ1) is 21.7. The highest BCUT2D eigenvalue weighted by molar-refractivity contribution is 5.76. The van der Waals surface area contributed by atoms with Crippen molar-refractivity contribution in [2.45, 2.75) is 52.5 Å². The van der Waals surface area contributed by atoms with E-state index in [2.05, 4.69) is 36.3 Å². The van der Waals surface area contributed by atoms with Gasteiger partial charge < -0.3 is 9.73 Å². The number of nitrogens with one attached hydrogen (secondary N) is 1. The maximum Gasteiger partial charge on any atom is 0.247 e. The highest BCUT2D eigenvalue weighted by Gasteiger charge is 2.22. The molecular formula is C24H28FN3O2. The minimum atomic E-state index is -0.283. The standard InChI is InChI=1S/C24H28FN3O2/c1-24(2,3)16-20(17-12-14-19(25)15-13-17)26-21(29)10-7-11-22-27-28-23(30-22)18-8-5-4-6-9-18/h4-6,8-9,12-15,20H,7,10-11,16H2,1-3H3,(H,26,29). The molecule has 2 aromatic carbocycles. The average Bonchev–Trinajstić information content (AvgIpc) is 3.17. The molecule has 3 rings (SSSR count). The van der Waals surface area contributed by atoms with Gasteiger partial charge in [-0.3, -0.25) is 4.79 Å². The fraction of sp³-hybridized carbons (Fsp3) is 0.375. The minimum absolute atomic E-state index is 0.0178. The van der Waals surface area contributed by atoms with Crippen LogP contribution in [0.4, 0.5) is 4.39 Å². The Morgan fingerprint density at radius 3 is 2.43 bits per heavy atom. The first-order chi connectivity index (χ1) is 14.3. The van der Waals surface area contributed by atoms with E-state index >= 15 is 0 Å². The number of amides is 1. The molecule has 1 aromatic heterocycles.